The summed E-state index contributed by atoms with van der Waals surface area (Å²) in [5.41, 5.74) is -0.851. The Morgan fingerprint density at radius 3 is 2.95 bits per heavy atom. The highest BCUT2D eigenvalue weighted by molar-refractivity contribution is 8.00. The number of nitrogens with one attached hydrogen (secondary N) is 1. The van der Waals surface area contributed by atoms with Crippen LogP contribution in [0.25, 0.3) is 0 Å². The first kappa shape index (κ1) is 15.3. The fraction of sp³-hybridized carbons (Fsp3) is 0.533. The molecule has 0 bridgehead atoms. The second-order valence-corrected chi connectivity index (χ2v) is 6.53. The van der Waals surface area contributed by atoms with Gasteiger partial charge in [0.1, 0.15) is 11.4 Å². The number of rotatable bonds is 5. The van der Waals surface area contributed by atoms with Gasteiger partial charge in [0, 0.05) is 10.1 Å². The van der Waals surface area contributed by atoms with Crippen molar-refractivity contribution in [2.75, 3.05) is 6.54 Å². The first-order chi connectivity index (χ1) is 9.57. The van der Waals surface area contributed by atoms with Crippen LogP contribution in [0.15, 0.2) is 29.2 Å². The molecule has 0 aromatic heterocycles. The molecular weight excluding hydrogens is 277 g/mol. The zero-order valence-corrected chi connectivity index (χ0v) is 12.4. The van der Waals surface area contributed by atoms with Crippen molar-refractivity contribution in [3.05, 3.63) is 30.1 Å². The van der Waals surface area contributed by atoms with Crippen LogP contribution in [0.2, 0.25) is 0 Å². The van der Waals surface area contributed by atoms with Crippen LogP contribution >= 0.6 is 11.8 Å². The number of benzene rings is 1. The molecule has 0 heterocycles. The second kappa shape index (κ2) is 6.59. The van der Waals surface area contributed by atoms with E-state index in [1.165, 1.54) is 17.8 Å². The molecule has 1 saturated carbocycles. The molecule has 1 fully saturated rings. The molecular formula is C15H20FNO2S. The molecule has 1 aliphatic carbocycles. The highest BCUT2D eigenvalue weighted by atomic mass is 32.2. The van der Waals surface area contributed by atoms with Gasteiger partial charge in [-0.2, -0.15) is 0 Å². The van der Waals surface area contributed by atoms with Gasteiger partial charge in [-0.15, -0.1) is 11.8 Å². The zero-order chi connectivity index (χ0) is 14.6. The van der Waals surface area contributed by atoms with Gasteiger partial charge in [-0.3, -0.25) is 4.79 Å². The summed E-state index contributed by atoms with van der Waals surface area (Å²) in [6.07, 6.45) is 2.96. The number of hydrogen-bond acceptors (Lipinski definition) is 3. The van der Waals surface area contributed by atoms with E-state index in [-0.39, 0.29) is 11.1 Å². The SMILES string of the molecule is CCNC1(C(=O)O)CCCC(Sc2ccccc2F)C1. The maximum atomic E-state index is 13.7. The number of carbonyl (C=O) groups is 1. The van der Waals surface area contributed by atoms with Crippen molar-refractivity contribution in [2.45, 2.75) is 48.3 Å². The van der Waals surface area contributed by atoms with Gasteiger partial charge < -0.3 is 10.4 Å². The van der Waals surface area contributed by atoms with Gasteiger partial charge >= 0.3 is 5.97 Å². The topological polar surface area (TPSA) is 49.3 Å². The van der Waals surface area contributed by atoms with Crippen molar-refractivity contribution in [1.82, 2.24) is 5.32 Å². The van der Waals surface area contributed by atoms with Crippen LogP contribution in [0.5, 0.6) is 0 Å². The lowest BCUT2D eigenvalue weighted by molar-refractivity contribution is -0.146. The van der Waals surface area contributed by atoms with Gasteiger partial charge in [-0.1, -0.05) is 19.1 Å². The quantitative estimate of drug-likeness (QED) is 0.875. The standard InChI is InChI=1S/C15H20FNO2S/c1-2-17-15(14(18)19)9-5-6-11(10-15)20-13-8-4-3-7-12(13)16/h3-4,7-8,11,17H,2,5-6,9-10H2,1H3,(H,18,19). The Morgan fingerprint density at radius 2 is 2.30 bits per heavy atom. The van der Waals surface area contributed by atoms with Gasteiger partial charge in [0.2, 0.25) is 0 Å². The summed E-state index contributed by atoms with van der Waals surface area (Å²) < 4.78 is 13.7. The van der Waals surface area contributed by atoms with E-state index < -0.39 is 11.5 Å². The summed E-state index contributed by atoms with van der Waals surface area (Å²) in [4.78, 5) is 12.2. The van der Waals surface area contributed by atoms with Crippen molar-refractivity contribution >= 4 is 17.7 Å². The van der Waals surface area contributed by atoms with Crippen LogP contribution in [0, 0.1) is 5.82 Å². The molecule has 0 spiro atoms. The molecule has 1 aromatic rings. The number of carboxylic acids is 1. The third-order valence-electron chi connectivity index (χ3n) is 3.76. The Hall–Kier alpha value is -1.07. The average Bonchev–Trinajstić information content (AvgIpc) is 2.42. The van der Waals surface area contributed by atoms with Crippen LogP contribution < -0.4 is 5.32 Å². The number of thioether (sulfide) groups is 1. The van der Waals surface area contributed by atoms with Crippen molar-refractivity contribution < 1.29 is 14.3 Å². The smallest absolute Gasteiger partial charge is 0.323 e. The van der Waals surface area contributed by atoms with E-state index in [9.17, 15) is 14.3 Å². The number of halogens is 1. The third kappa shape index (κ3) is 3.33. The number of carboxylic acid groups (broad SMARTS) is 1. The van der Waals surface area contributed by atoms with Crippen LogP contribution in [0.3, 0.4) is 0 Å². The summed E-state index contributed by atoms with van der Waals surface area (Å²) in [5, 5.41) is 12.8. The average molecular weight is 297 g/mol. The second-order valence-electron chi connectivity index (χ2n) is 5.18. The van der Waals surface area contributed by atoms with E-state index in [4.69, 9.17) is 0 Å². The Labute approximate surface area is 123 Å². The predicted molar refractivity (Wildman–Crippen MR) is 78.6 cm³/mol. The van der Waals surface area contributed by atoms with Crippen LogP contribution in [0.1, 0.15) is 32.6 Å². The normalized spacial score (nSPS) is 26.4. The molecule has 3 nitrogen and oxygen atoms in total. The minimum Gasteiger partial charge on any atom is -0.480 e. The van der Waals surface area contributed by atoms with Crippen LogP contribution in [-0.4, -0.2) is 28.4 Å². The van der Waals surface area contributed by atoms with E-state index in [1.54, 1.807) is 12.1 Å². The maximum Gasteiger partial charge on any atom is 0.323 e. The van der Waals surface area contributed by atoms with Crippen molar-refractivity contribution in [3.63, 3.8) is 0 Å². The molecule has 2 unspecified atom stereocenters. The van der Waals surface area contributed by atoms with E-state index in [0.29, 0.717) is 24.3 Å². The molecule has 5 heteroatoms. The lowest BCUT2D eigenvalue weighted by Crippen LogP contribution is -2.55. The predicted octanol–water partition coefficient (Wildman–Crippen LogP) is 3.29. The van der Waals surface area contributed by atoms with E-state index >= 15 is 0 Å². The van der Waals surface area contributed by atoms with Crippen LogP contribution in [0.4, 0.5) is 4.39 Å². The fourth-order valence-electron chi connectivity index (χ4n) is 2.81. The first-order valence-electron chi connectivity index (χ1n) is 6.97. The lowest BCUT2D eigenvalue weighted by Gasteiger charge is -2.38. The van der Waals surface area contributed by atoms with Gasteiger partial charge in [0.15, 0.2) is 0 Å². The van der Waals surface area contributed by atoms with Gasteiger partial charge in [0.25, 0.3) is 0 Å². The first-order valence-corrected chi connectivity index (χ1v) is 7.85. The highest BCUT2D eigenvalue weighted by Gasteiger charge is 2.42. The Balaban J connectivity index is 2.10. The van der Waals surface area contributed by atoms with E-state index in [2.05, 4.69) is 5.32 Å². The van der Waals surface area contributed by atoms with Crippen molar-refractivity contribution in [3.8, 4) is 0 Å². The minimum absolute atomic E-state index is 0.135. The zero-order valence-electron chi connectivity index (χ0n) is 11.6. The lowest BCUT2D eigenvalue weighted by atomic mass is 9.81. The van der Waals surface area contributed by atoms with Gasteiger partial charge in [-0.05, 0) is 44.4 Å². The minimum atomic E-state index is -0.851. The third-order valence-corrected chi connectivity index (χ3v) is 5.08. The highest BCUT2D eigenvalue weighted by Crippen LogP contribution is 2.39. The molecule has 1 aromatic carbocycles. The molecule has 0 saturated heterocycles. The molecule has 1 aliphatic rings. The summed E-state index contributed by atoms with van der Waals surface area (Å²) in [6, 6.07) is 6.67. The summed E-state index contributed by atoms with van der Waals surface area (Å²) in [6.45, 7) is 2.54. The summed E-state index contributed by atoms with van der Waals surface area (Å²) >= 11 is 1.46. The molecule has 0 amide bonds. The number of aliphatic carboxylic acids is 1. The number of hydrogen-bond donors (Lipinski definition) is 2. The molecule has 0 aliphatic heterocycles. The molecule has 110 valence electrons. The fourth-order valence-corrected chi connectivity index (χ4v) is 4.16. The van der Waals surface area contributed by atoms with Gasteiger partial charge in [0.05, 0.1) is 0 Å². The Bertz CT molecular complexity index is 479. The maximum absolute atomic E-state index is 13.7. The van der Waals surface area contributed by atoms with E-state index in [1.807, 2.05) is 13.0 Å². The molecule has 2 atom stereocenters. The van der Waals surface area contributed by atoms with Crippen LogP contribution in [-0.2, 0) is 4.79 Å². The Morgan fingerprint density at radius 1 is 1.55 bits per heavy atom. The van der Waals surface area contributed by atoms with Crippen molar-refractivity contribution in [1.29, 1.82) is 0 Å². The summed E-state index contributed by atoms with van der Waals surface area (Å²) in [7, 11) is 0. The molecule has 2 rings (SSSR count). The van der Waals surface area contributed by atoms with Gasteiger partial charge in [-0.25, -0.2) is 4.39 Å². The molecule has 0 radical (unpaired) electrons. The number of likely N-dealkylation sites (N-methyl/N-ethyl adjacent to an activating group) is 1. The Kier molecular flexibility index (Phi) is 5.05. The molecule has 20 heavy (non-hydrogen) atoms. The monoisotopic (exact) mass is 297 g/mol. The molecule has 2 N–H and O–H groups in total. The van der Waals surface area contributed by atoms with E-state index in [0.717, 1.165) is 12.8 Å². The largest absolute Gasteiger partial charge is 0.480 e. The summed E-state index contributed by atoms with van der Waals surface area (Å²) in [5.74, 6) is -1.02. The van der Waals surface area contributed by atoms with Crippen molar-refractivity contribution in [2.24, 2.45) is 0 Å².